The van der Waals surface area contributed by atoms with E-state index in [0.29, 0.717) is 6.61 Å². The van der Waals surface area contributed by atoms with Crippen molar-refractivity contribution in [1.29, 1.82) is 0 Å². The molecule has 2 aliphatic rings. The third-order valence-corrected chi connectivity index (χ3v) is 2.53. The molecule has 0 bridgehead atoms. The normalized spacial score (nSPS) is 37.5. The Labute approximate surface area is 82.9 Å². The molecule has 0 aliphatic carbocycles. The smallest absolute Gasteiger partial charge is 0.435 e. The van der Waals surface area contributed by atoms with Crippen LogP contribution in [0.5, 0.6) is 0 Å². The molecule has 14 heavy (non-hydrogen) atoms. The van der Waals surface area contributed by atoms with Gasteiger partial charge in [0.05, 0.1) is 6.61 Å². The standard InChI is InChI=1S/C9H15NO4/c1-4-12-8(11)13-6-5-9(2,3)10-7(6)14-10/h6-7H,4-5H2,1-3H3/t6-,7+,10?/m1/s1. The van der Waals surface area contributed by atoms with Crippen LogP contribution in [0.3, 0.4) is 0 Å². The lowest BCUT2D eigenvalue weighted by atomic mass is 10.0. The quantitative estimate of drug-likeness (QED) is 0.497. The van der Waals surface area contributed by atoms with Gasteiger partial charge in [0.15, 0.2) is 12.3 Å². The fourth-order valence-electron chi connectivity index (χ4n) is 1.85. The molecule has 0 aromatic rings. The minimum absolute atomic E-state index is 0.0399. The Morgan fingerprint density at radius 2 is 2.36 bits per heavy atom. The summed E-state index contributed by atoms with van der Waals surface area (Å²) in [6.07, 6.45) is -0.0691. The first-order valence-corrected chi connectivity index (χ1v) is 4.84. The number of hydrogen-bond acceptors (Lipinski definition) is 5. The molecule has 0 aromatic carbocycles. The van der Waals surface area contributed by atoms with Crippen molar-refractivity contribution >= 4 is 6.16 Å². The van der Waals surface area contributed by atoms with Gasteiger partial charge in [-0.1, -0.05) is 0 Å². The van der Waals surface area contributed by atoms with E-state index >= 15 is 0 Å². The number of nitrogens with zero attached hydrogens (tertiary/aromatic N) is 1. The topological polar surface area (TPSA) is 51.1 Å². The molecule has 80 valence electrons. The van der Waals surface area contributed by atoms with Crippen LogP contribution in [0.1, 0.15) is 27.2 Å². The van der Waals surface area contributed by atoms with Gasteiger partial charge in [-0.25, -0.2) is 4.79 Å². The van der Waals surface area contributed by atoms with Crippen molar-refractivity contribution < 1.29 is 19.1 Å². The van der Waals surface area contributed by atoms with Gasteiger partial charge in [0.1, 0.15) is 0 Å². The van der Waals surface area contributed by atoms with Gasteiger partial charge < -0.3 is 9.47 Å². The number of hydroxylamine groups is 2. The maximum Gasteiger partial charge on any atom is 0.508 e. The third kappa shape index (κ3) is 1.57. The van der Waals surface area contributed by atoms with Crippen LogP contribution < -0.4 is 0 Å². The van der Waals surface area contributed by atoms with E-state index in [1.54, 1.807) is 6.92 Å². The van der Waals surface area contributed by atoms with Gasteiger partial charge in [0, 0.05) is 12.0 Å². The highest BCUT2D eigenvalue weighted by molar-refractivity contribution is 5.60. The van der Waals surface area contributed by atoms with Crippen LogP contribution in [0.25, 0.3) is 0 Å². The number of ether oxygens (including phenoxy) is 2. The predicted molar refractivity (Wildman–Crippen MR) is 47.3 cm³/mol. The Balaban J connectivity index is 1.87. The minimum Gasteiger partial charge on any atom is -0.435 e. The van der Waals surface area contributed by atoms with Crippen molar-refractivity contribution in [1.82, 2.24) is 5.06 Å². The molecular weight excluding hydrogens is 186 g/mol. The lowest BCUT2D eigenvalue weighted by Crippen LogP contribution is -2.29. The highest BCUT2D eigenvalue weighted by atomic mass is 16.9. The number of carbonyl (C=O) groups excluding carboxylic acids is 1. The summed E-state index contributed by atoms with van der Waals surface area (Å²) in [4.78, 5) is 16.3. The van der Waals surface area contributed by atoms with Gasteiger partial charge in [-0.2, -0.15) is 0 Å². The molecule has 2 heterocycles. The summed E-state index contributed by atoms with van der Waals surface area (Å²) in [5, 5.41) is 1.86. The monoisotopic (exact) mass is 201 g/mol. The molecule has 0 spiro atoms. The highest BCUT2D eigenvalue weighted by Gasteiger charge is 2.61. The lowest BCUT2D eigenvalue weighted by Gasteiger charge is -2.20. The van der Waals surface area contributed by atoms with Crippen molar-refractivity contribution in [2.45, 2.75) is 45.1 Å². The fraction of sp³-hybridized carbons (Fsp3) is 0.889. The summed E-state index contributed by atoms with van der Waals surface area (Å²) < 4.78 is 9.82. The maximum atomic E-state index is 11.1. The summed E-state index contributed by atoms with van der Waals surface area (Å²) in [6.45, 7) is 6.20. The minimum atomic E-state index is -0.606. The second-order valence-corrected chi connectivity index (χ2v) is 4.18. The summed E-state index contributed by atoms with van der Waals surface area (Å²) in [6, 6.07) is 0. The predicted octanol–water partition coefficient (Wildman–Crippen LogP) is 1.28. The number of fused-ring (bicyclic) bond motifs is 1. The van der Waals surface area contributed by atoms with Gasteiger partial charge in [-0.05, 0) is 20.8 Å². The van der Waals surface area contributed by atoms with E-state index < -0.39 is 6.16 Å². The first kappa shape index (κ1) is 9.73. The molecule has 1 unspecified atom stereocenters. The third-order valence-electron chi connectivity index (χ3n) is 2.53. The Morgan fingerprint density at radius 3 is 2.79 bits per heavy atom. The summed E-state index contributed by atoms with van der Waals surface area (Å²) in [5.41, 5.74) is -0.0399. The molecule has 0 amide bonds. The second-order valence-electron chi connectivity index (χ2n) is 4.18. The van der Waals surface area contributed by atoms with Crippen LogP contribution in [-0.4, -0.2) is 35.7 Å². The van der Waals surface area contributed by atoms with E-state index in [1.807, 2.05) is 5.06 Å². The first-order valence-electron chi connectivity index (χ1n) is 4.84. The van der Waals surface area contributed by atoms with E-state index in [-0.39, 0.29) is 17.9 Å². The van der Waals surface area contributed by atoms with E-state index in [1.165, 1.54) is 0 Å². The Bertz CT molecular complexity index is 253. The molecule has 5 nitrogen and oxygen atoms in total. The van der Waals surface area contributed by atoms with Crippen molar-refractivity contribution in [2.75, 3.05) is 6.61 Å². The average molecular weight is 201 g/mol. The molecule has 0 N–H and O–H groups in total. The van der Waals surface area contributed by atoms with Crippen LogP contribution in [0.15, 0.2) is 0 Å². The largest absolute Gasteiger partial charge is 0.508 e. The van der Waals surface area contributed by atoms with E-state index in [9.17, 15) is 4.79 Å². The molecular formula is C9H15NO4. The zero-order valence-corrected chi connectivity index (χ0v) is 8.65. The molecule has 2 saturated heterocycles. The van der Waals surface area contributed by atoms with Gasteiger partial charge in [-0.3, -0.25) is 4.84 Å². The number of hydrogen-bond donors (Lipinski definition) is 0. The Morgan fingerprint density at radius 1 is 1.64 bits per heavy atom. The van der Waals surface area contributed by atoms with Crippen LogP contribution in [0.2, 0.25) is 0 Å². The molecule has 2 rings (SSSR count). The van der Waals surface area contributed by atoms with Crippen LogP contribution in [0.4, 0.5) is 4.79 Å². The zero-order valence-electron chi connectivity index (χ0n) is 8.65. The maximum absolute atomic E-state index is 11.1. The second kappa shape index (κ2) is 3.10. The SMILES string of the molecule is CCOC(=O)O[C@@H]1CC(C)(C)N2O[C@@H]12. The summed E-state index contributed by atoms with van der Waals surface area (Å²) >= 11 is 0. The molecule has 3 atom stereocenters. The van der Waals surface area contributed by atoms with Gasteiger partial charge in [0.25, 0.3) is 0 Å². The molecule has 2 fully saturated rings. The number of carbonyl (C=O) groups is 1. The summed E-state index contributed by atoms with van der Waals surface area (Å²) in [5.74, 6) is 0. The zero-order chi connectivity index (χ0) is 10.3. The molecule has 5 heteroatoms. The van der Waals surface area contributed by atoms with Gasteiger partial charge >= 0.3 is 6.16 Å². The number of rotatable bonds is 2. The molecule has 0 aromatic heterocycles. The van der Waals surface area contributed by atoms with Crippen molar-refractivity contribution in [3.05, 3.63) is 0 Å². The first-order chi connectivity index (χ1) is 6.54. The van der Waals surface area contributed by atoms with Crippen molar-refractivity contribution in [2.24, 2.45) is 0 Å². The molecule has 2 aliphatic heterocycles. The van der Waals surface area contributed by atoms with Crippen molar-refractivity contribution in [3.63, 3.8) is 0 Å². The van der Waals surface area contributed by atoms with Crippen LogP contribution in [-0.2, 0) is 14.3 Å². The van der Waals surface area contributed by atoms with Crippen molar-refractivity contribution in [3.8, 4) is 0 Å². The summed E-state index contributed by atoms with van der Waals surface area (Å²) in [7, 11) is 0. The van der Waals surface area contributed by atoms with Crippen LogP contribution >= 0.6 is 0 Å². The van der Waals surface area contributed by atoms with Gasteiger partial charge in [0.2, 0.25) is 0 Å². The average Bonchev–Trinajstić information content (AvgIpc) is 2.77. The van der Waals surface area contributed by atoms with E-state index in [0.717, 1.165) is 6.42 Å². The lowest BCUT2D eigenvalue weighted by molar-refractivity contribution is -0.00723. The molecule has 0 saturated carbocycles. The Hall–Kier alpha value is -0.810. The highest BCUT2D eigenvalue weighted by Crippen LogP contribution is 2.46. The van der Waals surface area contributed by atoms with E-state index in [2.05, 4.69) is 13.8 Å². The Kier molecular flexibility index (Phi) is 2.16. The van der Waals surface area contributed by atoms with Gasteiger partial charge in [-0.15, -0.1) is 5.06 Å². The molecule has 0 radical (unpaired) electrons. The van der Waals surface area contributed by atoms with E-state index in [4.69, 9.17) is 14.3 Å². The van der Waals surface area contributed by atoms with Crippen LogP contribution in [0, 0.1) is 0 Å². The fourth-order valence-corrected chi connectivity index (χ4v) is 1.85.